The molecule has 0 aromatic heterocycles. The van der Waals surface area contributed by atoms with Crippen molar-refractivity contribution in [3.05, 3.63) is 270 Å². The summed E-state index contributed by atoms with van der Waals surface area (Å²) in [6, 6.07) is 76.7. The SMILES string of the molecule is CCCC(Oc1ccc(OC)cc1C(=C=Nc1ccccc1)c1ccccc1)C(COc1ccc(OC)cc1C(=C=Nc1ccccc1)c1ccccc1)Oc1ccc(OC)cc1C(=C=Nc1ccccc1)c1ccccc1. The monoisotopic (exact) mass is 1030 g/mol. The van der Waals surface area contributed by atoms with Crippen molar-refractivity contribution < 1.29 is 28.4 Å². The van der Waals surface area contributed by atoms with Crippen molar-refractivity contribution in [1.82, 2.24) is 0 Å². The topological polar surface area (TPSA) is 92.5 Å². The zero-order valence-corrected chi connectivity index (χ0v) is 44.1. The van der Waals surface area contributed by atoms with Crippen LogP contribution in [0.4, 0.5) is 17.1 Å². The maximum Gasteiger partial charge on any atom is 0.169 e. The highest BCUT2D eigenvalue weighted by molar-refractivity contribution is 6.03. The van der Waals surface area contributed by atoms with Gasteiger partial charge >= 0.3 is 0 Å². The molecule has 9 rings (SSSR count). The number of rotatable bonds is 22. The van der Waals surface area contributed by atoms with E-state index in [0.717, 1.165) is 51.3 Å². The van der Waals surface area contributed by atoms with E-state index in [0.29, 0.717) is 63.2 Å². The zero-order chi connectivity index (χ0) is 53.7. The highest BCUT2D eigenvalue weighted by Gasteiger charge is 2.30. The van der Waals surface area contributed by atoms with Gasteiger partial charge in [-0.3, -0.25) is 0 Å². The second-order valence-electron chi connectivity index (χ2n) is 17.9. The van der Waals surface area contributed by atoms with Gasteiger partial charge in [0, 0.05) is 16.7 Å². The molecule has 0 aliphatic heterocycles. The molecule has 2 atom stereocenters. The lowest BCUT2D eigenvalue weighted by molar-refractivity contribution is 0.0177. The van der Waals surface area contributed by atoms with Crippen molar-refractivity contribution in [3.63, 3.8) is 0 Å². The van der Waals surface area contributed by atoms with Gasteiger partial charge in [-0.2, -0.15) is 0 Å². The minimum atomic E-state index is -0.769. The third-order valence-corrected chi connectivity index (χ3v) is 12.7. The first-order valence-electron chi connectivity index (χ1n) is 25.8. The molecule has 0 heterocycles. The van der Waals surface area contributed by atoms with Gasteiger partial charge in [-0.25, -0.2) is 15.0 Å². The Morgan fingerprint density at radius 3 is 1.01 bits per heavy atom. The van der Waals surface area contributed by atoms with Crippen LogP contribution in [0.1, 0.15) is 53.1 Å². The molecular formula is C69H59N3O6. The van der Waals surface area contributed by atoms with Gasteiger partial charge in [0.2, 0.25) is 0 Å². The van der Waals surface area contributed by atoms with E-state index in [9.17, 15) is 0 Å². The number of aliphatic imine (C=N–C) groups is 3. The average Bonchev–Trinajstić information content (AvgIpc) is 3.51. The maximum absolute atomic E-state index is 7.44. The van der Waals surface area contributed by atoms with Gasteiger partial charge in [0.15, 0.2) is 6.10 Å². The largest absolute Gasteiger partial charge is 0.497 e. The number of hydrogen-bond donors (Lipinski definition) is 0. The Morgan fingerprint density at radius 1 is 0.372 bits per heavy atom. The van der Waals surface area contributed by atoms with Crippen molar-refractivity contribution in [2.45, 2.75) is 32.0 Å². The van der Waals surface area contributed by atoms with Crippen molar-refractivity contribution in [2.75, 3.05) is 27.9 Å². The molecule has 78 heavy (non-hydrogen) atoms. The molecule has 0 bridgehead atoms. The Hall–Kier alpha value is -9.87. The number of hydrogen-bond acceptors (Lipinski definition) is 9. The van der Waals surface area contributed by atoms with Gasteiger partial charge in [-0.15, -0.1) is 0 Å². The lowest BCUT2D eigenvalue weighted by Crippen LogP contribution is -2.41. The number of nitrogens with zero attached hydrogens (tertiary/aromatic N) is 3. The predicted molar refractivity (Wildman–Crippen MR) is 316 cm³/mol. The number of ether oxygens (including phenoxy) is 6. The highest BCUT2D eigenvalue weighted by Crippen LogP contribution is 2.39. The van der Waals surface area contributed by atoms with E-state index >= 15 is 0 Å². The molecule has 9 aromatic carbocycles. The third-order valence-electron chi connectivity index (χ3n) is 12.7. The summed E-state index contributed by atoms with van der Waals surface area (Å²) >= 11 is 0. The van der Waals surface area contributed by atoms with E-state index in [1.165, 1.54) is 0 Å². The highest BCUT2D eigenvalue weighted by atomic mass is 16.6. The molecule has 0 aliphatic carbocycles. The fourth-order valence-corrected chi connectivity index (χ4v) is 8.67. The van der Waals surface area contributed by atoms with Gasteiger partial charge in [0.25, 0.3) is 0 Å². The Morgan fingerprint density at radius 2 is 0.679 bits per heavy atom. The van der Waals surface area contributed by atoms with Crippen LogP contribution in [0.2, 0.25) is 0 Å². The molecule has 0 saturated heterocycles. The lowest BCUT2D eigenvalue weighted by atomic mass is 9.97. The molecule has 0 fully saturated rings. The maximum atomic E-state index is 7.44. The molecule has 0 amide bonds. The van der Waals surface area contributed by atoms with Crippen molar-refractivity contribution in [3.8, 4) is 34.5 Å². The number of benzene rings is 9. The smallest absolute Gasteiger partial charge is 0.169 e. The lowest BCUT2D eigenvalue weighted by Gasteiger charge is -2.30. The summed E-state index contributed by atoms with van der Waals surface area (Å²) in [6.07, 6.45) is -0.0768. The van der Waals surface area contributed by atoms with Crippen LogP contribution in [0.3, 0.4) is 0 Å². The van der Waals surface area contributed by atoms with Gasteiger partial charge in [0.1, 0.15) is 47.2 Å². The van der Waals surface area contributed by atoms with Crippen molar-refractivity contribution in [2.24, 2.45) is 15.0 Å². The number of methoxy groups -OCH3 is 3. The van der Waals surface area contributed by atoms with Crippen molar-refractivity contribution in [1.29, 1.82) is 0 Å². The molecule has 0 saturated carbocycles. The van der Waals surface area contributed by atoms with E-state index in [-0.39, 0.29) is 6.61 Å². The summed E-state index contributed by atoms with van der Waals surface area (Å²) in [5, 5.41) is 0. The van der Waals surface area contributed by atoms with Crippen LogP contribution in [0.15, 0.2) is 252 Å². The van der Waals surface area contributed by atoms with E-state index in [1.54, 1.807) is 21.3 Å². The summed E-state index contributed by atoms with van der Waals surface area (Å²) in [4.78, 5) is 14.5. The van der Waals surface area contributed by atoms with E-state index in [1.807, 2.05) is 237 Å². The van der Waals surface area contributed by atoms with Crippen LogP contribution in [0.25, 0.3) is 16.7 Å². The Balaban J connectivity index is 1.21. The molecule has 0 spiro atoms. The minimum Gasteiger partial charge on any atom is -0.497 e. The first-order chi connectivity index (χ1) is 38.5. The second-order valence-corrected chi connectivity index (χ2v) is 17.9. The summed E-state index contributed by atoms with van der Waals surface area (Å²) in [5.74, 6) is 13.8. The first kappa shape index (κ1) is 53.0. The number of para-hydroxylation sites is 3. The predicted octanol–water partition coefficient (Wildman–Crippen LogP) is 16.1. The van der Waals surface area contributed by atoms with E-state index in [2.05, 4.69) is 24.5 Å². The third kappa shape index (κ3) is 13.9. The molecule has 9 heteroatoms. The van der Waals surface area contributed by atoms with Crippen molar-refractivity contribution >= 4 is 51.4 Å². The van der Waals surface area contributed by atoms with Gasteiger partial charge in [-0.05, 0) is 132 Å². The Labute approximate surface area is 457 Å². The zero-order valence-electron chi connectivity index (χ0n) is 44.1. The molecule has 9 aromatic rings. The molecular weight excluding hydrogens is 967 g/mol. The van der Waals surface area contributed by atoms with E-state index in [4.69, 9.17) is 43.4 Å². The van der Waals surface area contributed by atoms with Crippen LogP contribution < -0.4 is 28.4 Å². The standard InChI is InChI=1S/C69H59N3O6/c1-5-24-68(77-66-41-38-57(74-3)44-60(66)63(51-27-14-7-15-28-51)47-71-54-33-20-10-21-34-54)69(78-67-42-39-58(75-4)45-61(67)64(52-29-16-8-17-30-52)48-72-55-35-22-11-23-36-55)49-76-65-40-37-56(73-2)43-59(65)62(50-25-12-6-13-26-50)46-70-53-31-18-9-19-32-53/h6-23,25-45,68-69H,5,24,49H2,1-4H3. The quantitative estimate of drug-likeness (QED) is 0.0628. The Kier molecular flexibility index (Phi) is 18.4. The molecule has 386 valence electrons. The van der Waals surface area contributed by atoms with Gasteiger partial charge in [0.05, 0.1) is 55.1 Å². The second kappa shape index (κ2) is 27.1. The Bertz CT molecular complexity index is 3590. The first-order valence-corrected chi connectivity index (χ1v) is 25.8. The molecule has 0 radical (unpaired) electrons. The van der Waals surface area contributed by atoms with Crippen LogP contribution in [0, 0.1) is 0 Å². The summed E-state index contributed by atoms with van der Waals surface area (Å²) < 4.78 is 39.5. The summed E-state index contributed by atoms with van der Waals surface area (Å²) in [5.41, 5.74) is 9.19. The van der Waals surface area contributed by atoms with Crippen LogP contribution >= 0.6 is 0 Å². The van der Waals surface area contributed by atoms with E-state index < -0.39 is 12.2 Å². The molecule has 9 nitrogen and oxygen atoms in total. The van der Waals surface area contributed by atoms with Gasteiger partial charge in [-0.1, -0.05) is 159 Å². The van der Waals surface area contributed by atoms with Crippen LogP contribution in [-0.2, 0) is 0 Å². The summed E-state index contributed by atoms with van der Waals surface area (Å²) in [6.45, 7) is 2.16. The van der Waals surface area contributed by atoms with Crippen LogP contribution in [-0.4, -0.2) is 57.8 Å². The van der Waals surface area contributed by atoms with Gasteiger partial charge < -0.3 is 28.4 Å². The normalized spacial score (nSPS) is 11.2. The molecule has 0 aliphatic rings. The molecule has 0 N–H and O–H groups in total. The molecule has 2 unspecified atom stereocenters. The minimum absolute atomic E-state index is 0.0260. The van der Waals surface area contributed by atoms with Crippen LogP contribution in [0.5, 0.6) is 34.5 Å². The average molecular weight is 1030 g/mol. The fourth-order valence-electron chi connectivity index (χ4n) is 8.67. The summed E-state index contributed by atoms with van der Waals surface area (Å²) in [7, 11) is 4.95. The fraction of sp³-hybridized carbons (Fsp3) is 0.130.